The lowest BCUT2D eigenvalue weighted by Gasteiger charge is -2.16. The van der Waals surface area contributed by atoms with Crippen LogP contribution in [0.4, 0.5) is 4.39 Å². The minimum atomic E-state index is -1.34. The van der Waals surface area contributed by atoms with Crippen molar-refractivity contribution in [3.8, 4) is 5.69 Å². The summed E-state index contributed by atoms with van der Waals surface area (Å²) in [4.78, 5) is 4.37. The third-order valence-electron chi connectivity index (χ3n) is 5.15. The second kappa shape index (κ2) is 6.95. The number of nitrogens with zero attached hydrogens (tertiary/aromatic N) is 2. The Bertz CT molecular complexity index is 1020. The summed E-state index contributed by atoms with van der Waals surface area (Å²) in [5, 5.41) is 19.9. The van der Waals surface area contributed by atoms with E-state index >= 15 is 0 Å². The minimum Gasteiger partial charge on any atom is -0.427 e. The fourth-order valence-electron chi connectivity index (χ4n) is 3.99. The first-order valence-electron chi connectivity index (χ1n) is 9.27. The second-order valence-electron chi connectivity index (χ2n) is 7.39. The van der Waals surface area contributed by atoms with Crippen molar-refractivity contribution in [3.63, 3.8) is 0 Å². The van der Waals surface area contributed by atoms with Crippen LogP contribution in [0.1, 0.15) is 42.1 Å². The number of aliphatic imine (C=N–C) groups is 1. The van der Waals surface area contributed by atoms with Crippen molar-refractivity contribution < 1.29 is 14.4 Å². The van der Waals surface area contributed by atoms with Crippen LogP contribution >= 0.6 is 0 Å². The van der Waals surface area contributed by atoms with Crippen LogP contribution in [-0.2, 0) is 13.0 Å². The van der Waals surface area contributed by atoms with Gasteiger partial charge >= 0.3 is 7.12 Å². The Labute approximate surface area is 158 Å². The summed E-state index contributed by atoms with van der Waals surface area (Å²) in [6.07, 6.45) is 2.73. The lowest BCUT2D eigenvalue weighted by molar-refractivity contribution is 0.405. The molecule has 27 heavy (non-hydrogen) atoms. The maximum absolute atomic E-state index is 13.5. The third kappa shape index (κ3) is 3.20. The van der Waals surface area contributed by atoms with Gasteiger partial charge in [0.05, 0.1) is 12.1 Å². The number of hydrogen-bond donors (Lipinski definition) is 2. The molecule has 3 aromatic rings. The molecule has 0 saturated heterocycles. The topological polar surface area (TPSA) is 57.8 Å². The molecular weight excluding hydrogens is 342 g/mol. The number of halogens is 1. The second-order valence-corrected chi connectivity index (χ2v) is 7.39. The molecule has 0 spiro atoms. The quantitative estimate of drug-likeness (QED) is 0.676. The number of benzene rings is 2. The Morgan fingerprint density at radius 1 is 1.19 bits per heavy atom. The van der Waals surface area contributed by atoms with Crippen molar-refractivity contribution in [2.75, 3.05) is 0 Å². The number of aromatic nitrogens is 1. The molecule has 4 rings (SSSR count). The number of fused-ring (bicyclic) bond motifs is 2. The number of hydrogen-bond acceptors (Lipinski definition) is 3. The van der Waals surface area contributed by atoms with Crippen molar-refractivity contribution in [1.82, 2.24) is 4.57 Å². The van der Waals surface area contributed by atoms with E-state index in [2.05, 4.69) is 35.5 Å². The Kier molecular flexibility index (Phi) is 4.62. The maximum Gasteiger partial charge on any atom is 0.451 e. The van der Waals surface area contributed by atoms with E-state index in [-0.39, 0.29) is 18.1 Å². The molecule has 138 valence electrons. The van der Waals surface area contributed by atoms with E-state index in [9.17, 15) is 14.4 Å². The van der Waals surface area contributed by atoms with Crippen molar-refractivity contribution in [1.29, 1.82) is 0 Å². The molecular formula is C21H22BFN2O2. The highest BCUT2D eigenvalue weighted by molar-refractivity contribution is 6.41. The standard InChI is InChI=1S/C21H22BFN2O2/c1-13(2)21-18(7-8-22(26)27)19-9-14-11-24-12-15(14)10-20(19)25(21)17-5-3-16(23)4-6-17/h3-6,9-10,12-13,26-27H,7-8,11H2,1-2H3. The van der Waals surface area contributed by atoms with E-state index in [1.165, 1.54) is 17.7 Å². The lowest BCUT2D eigenvalue weighted by atomic mass is 9.81. The molecule has 4 nitrogen and oxygen atoms in total. The molecule has 1 aliphatic rings. The average molecular weight is 364 g/mol. The number of aryl methyl sites for hydroxylation is 1. The zero-order chi connectivity index (χ0) is 19.1. The third-order valence-corrected chi connectivity index (χ3v) is 5.15. The van der Waals surface area contributed by atoms with Crippen LogP contribution < -0.4 is 0 Å². The molecule has 0 bridgehead atoms. The largest absolute Gasteiger partial charge is 0.451 e. The van der Waals surface area contributed by atoms with Crippen LogP contribution in [0.3, 0.4) is 0 Å². The van der Waals surface area contributed by atoms with E-state index in [0.29, 0.717) is 13.0 Å². The minimum absolute atomic E-state index is 0.219. The highest BCUT2D eigenvalue weighted by Crippen LogP contribution is 2.37. The lowest BCUT2D eigenvalue weighted by Crippen LogP contribution is -2.12. The van der Waals surface area contributed by atoms with Crippen LogP contribution in [0.25, 0.3) is 16.6 Å². The summed E-state index contributed by atoms with van der Waals surface area (Å²) in [6, 6.07) is 10.8. The first kappa shape index (κ1) is 18.0. The van der Waals surface area contributed by atoms with Gasteiger partial charge in [-0.2, -0.15) is 0 Å². The highest BCUT2D eigenvalue weighted by Gasteiger charge is 2.23. The summed E-state index contributed by atoms with van der Waals surface area (Å²) < 4.78 is 15.7. The summed E-state index contributed by atoms with van der Waals surface area (Å²) in [5.41, 5.74) is 6.47. The van der Waals surface area contributed by atoms with Crippen LogP contribution in [0.5, 0.6) is 0 Å². The molecule has 0 amide bonds. The van der Waals surface area contributed by atoms with Gasteiger partial charge in [0.2, 0.25) is 0 Å². The molecule has 0 saturated carbocycles. The van der Waals surface area contributed by atoms with E-state index < -0.39 is 7.12 Å². The van der Waals surface area contributed by atoms with Gasteiger partial charge in [-0.25, -0.2) is 4.39 Å². The highest BCUT2D eigenvalue weighted by atomic mass is 19.1. The van der Waals surface area contributed by atoms with Gasteiger partial charge in [0.25, 0.3) is 0 Å². The van der Waals surface area contributed by atoms with Crippen molar-refractivity contribution in [2.45, 2.75) is 39.1 Å². The van der Waals surface area contributed by atoms with Gasteiger partial charge in [0.15, 0.2) is 0 Å². The maximum atomic E-state index is 13.5. The van der Waals surface area contributed by atoms with Gasteiger partial charge in [-0.15, -0.1) is 0 Å². The number of rotatable bonds is 5. The molecule has 0 aliphatic carbocycles. The first-order chi connectivity index (χ1) is 13.0. The van der Waals surface area contributed by atoms with Crippen molar-refractivity contribution in [2.24, 2.45) is 4.99 Å². The molecule has 0 fully saturated rings. The first-order valence-corrected chi connectivity index (χ1v) is 9.27. The van der Waals surface area contributed by atoms with Gasteiger partial charge in [0.1, 0.15) is 5.82 Å². The van der Waals surface area contributed by atoms with Crippen LogP contribution in [0, 0.1) is 5.82 Å². The van der Waals surface area contributed by atoms with Gasteiger partial charge < -0.3 is 14.6 Å². The monoisotopic (exact) mass is 364 g/mol. The molecule has 2 N–H and O–H groups in total. The van der Waals surface area contributed by atoms with Gasteiger partial charge in [-0.05, 0) is 71.7 Å². The van der Waals surface area contributed by atoms with Crippen LogP contribution in [0.15, 0.2) is 41.4 Å². The van der Waals surface area contributed by atoms with Gasteiger partial charge in [-0.1, -0.05) is 13.8 Å². The van der Waals surface area contributed by atoms with Gasteiger partial charge in [-0.3, -0.25) is 4.99 Å². The summed E-state index contributed by atoms with van der Waals surface area (Å²) in [6.45, 7) is 4.93. The smallest absolute Gasteiger partial charge is 0.427 e. The predicted octanol–water partition coefficient (Wildman–Crippen LogP) is 3.84. The van der Waals surface area contributed by atoms with Crippen LogP contribution in [-0.4, -0.2) is 27.9 Å². The molecule has 1 aromatic heterocycles. The van der Waals surface area contributed by atoms with Crippen molar-refractivity contribution >= 4 is 24.2 Å². The molecule has 1 aliphatic heterocycles. The molecule has 2 aromatic carbocycles. The molecule has 0 atom stereocenters. The van der Waals surface area contributed by atoms with E-state index in [0.717, 1.165) is 33.4 Å². The normalized spacial score (nSPS) is 13.0. The van der Waals surface area contributed by atoms with E-state index in [4.69, 9.17) is 0 Å². The average Bonchev–Trinajstić information content (AvgIpc) is 3.20. The molecule has 0 radical (unpaired) electrons. The fraction of sp³-hybridized carbons (Fsp3) is 0.286. The molecule has 2 heterocycles. The summed E-state index contributed by atoms with van der Waals surface area (Å²) >= 11 is 0. The molecule has 0 unspecified atom stereocenters. The Balaban J connectivity index is 2.02. The summed E-state index contributed by atoms with van der Waals surface area (Å²) in [7, 11) is -1.34. The summed E-state index contributed by atoms with van der Waals surface area (Å²) in [5.74, 6) is -0.0465. The van der Waals surface area contributed by atoms with Gasteiger partial charge in [0, 0.05) is 23.0 Å². The van der Waals surface area contributed by atoms with E-state index in [1.807, 2.05) is 6.21 Å². The zero-order valence-electron chi connectivity index (χ0n) is 15.5. The molecule has 6 heteroatoms. The van der Waals surface area contributed by atoms with Crippen LogP contribution in [0.2, 0.25) is 6.32 Å². The Morgan fingerprint density at radius 3 is 2.59 bits per heavy atom. The van der Waals surface area contributed by atoms with E-state index in [1.54, 1.807) is 12.1 Å². The van der Waals surface area contributed by atoms with Crippen molar-refractivity contribution in [3.05, 3.63) is 64.6 Å². The fourth-order valence-corrected chi connectivity index (χ4v) is 3.99. The Hall–Kier alpha value is -2.44. The Morgan fingerprint density at radius 2 is 1.93 bits per heavy atom. The SMILES string of the molecule is CC(C)c1c(CCB(O)O)c2cc3c(cc2n1-c1ccc(F)cc1)C=NC3. The predicted molar refractivity (Wildman–Crippen MR) is 107 cm³/mol. The zero-order valence-corrected chi connectivity index (χ0v) is 15.5.